The fourth-order valence-corrected chi connectivity index (χ4v) is 3.83. The lowest BCUT2D eigenvalue weighted by molar-refractivity contribution is -0.118. The second kappa shape index (κ2) is 9.41. The number of carbonyl (C=O) groups is 1. The smallest absolute Gasteiger partial charge is 0.297 e. The molecule has 2 aromatic rings. The highest BCUT2D eigenvalue weighted by Gasteiger charge is 2.25. The van der Waals surface area contributed by atoms with Gasteiger partial charge in [-0.3, -0.25) is 4.57 Å². The van der Waals surface area contributed by atoms with Crippen molar-refractivity contribution >= 4 is 16.8 Å². The average molecular weight is 389 g/mol. The minimum Gasteiger partial charge on any atom is -0.494 e. The highest BCUT2D eigenvalue weighted by Crippen LogP contribution is 2.29. The number of aromatic nitrogens is 2. The zero-order chi connectivity index (χ0) is 20.1. The van der Waals surface area contributed by atoms with Gasteiger partial charge in [-0.05, 0) is 57.6 Å². The summed E-state index contributed by atoms with van der Waals surface area (Å²) in [6.45, 7) is 6.98. The lowest BCUT2D eigenvalue weighted by Crippen LogP contribution is -2.30. The quantitative estimate of drug-likeness (QED) is 0.641. The van der Waals surface area contributed by atoms with E-state index in [0.717, 1.165) is 42.5 Å². The predicted octanol–water partition coefficient (Wildman–Crippen LogP) is 4.29. The fraction of sp³-hybridized carbons (Fsp3) is 0.636. The summed E-state index contributed by atoms with van der Waals surface area (Å²) < 4.78 is 19.8. The number of ketones is 1. The SMILES string of the molecule is CCOc1ccc2nc(OC3CCC(OC[C@H](C)CC(C)=O)CC3)n(C)c2c1. The van der Waals surface area contributed by atoms with E-state index < -0.39 is 0 Å². The van der Waals surface area contributed by atoms with E-state index in [-0.39, 0.29) is 23.9 Å². The standard InChI is InChI=1S/C22H32N2O4/c1-5-26-19-10-11-20-21(13-19)24(4)22(23-20)28-18-8-6-17(7-9-18)27-14-15(2)12-16(3)25/h10-11,13,15,17-18H,5-9,12,14H2,1-4H3/t15-,17?,18?/m1/s1. The summed E-state index contributed by atoms with van der Waals surface area (Å²) in [7, 11) is 1.98. The first-order valence-electron chi connectivity index (χ1n) is 10.3. The first-order valence-corrected chi connectivity index (χ1v) is 10.3. The molecule has 1 aromatic heterocycles. The Hall–Kier alpha value is -2.08. The number of benzene rings is 1. The minimum atomic E-state index is 0.163. The van der Waals surface area contributed by atoms with Crippen LogP contribution in [-0.4, -0.2) is 40.8 Å². The Morgan fingerprint density at radius 1 is 1.25 bits per heavy atom. The van der Waals surface area contributed by atoms with Crippen LogP contribution in [0, 0.1) is 5.92 Å². The number of nitrogens with zero attached hydrogens (tertiary/aromatic N) is 2. The van der Waals surface area contributed by atoms with Gasteiger partial charge in [0, 0.05) is 26.1 Å². The van der Waals surface area contributed by atoms with Gasteiger partial charge in [0.2, 0.25) is 0 Å². The number of carbonyl (C=O) groups excluding carboxylic acids is 1. The average Bonchev–Trinajstić information content (AvgIpc) is 2.96. The second-order valence-electron chi connectivity index (χ2n) is 7.90. The van der Waals surface area contributed by atoms with Crippen molar-refractivity contribution in [2.24, 2.45) is 13.0 Å². The molecule has 1 fully saturated rings. The Bertz CT molecular complexity index is 793. The summed E-state index contributed by atoms with van der Waals surface area (Å²) in [5, 5.41) is 0. The normalized spacial score (nSPS) is 20.9. The molecule has 0 saturated heterocycles. The molecule has 1 atom stereocenters. The van der Waals surface area contributed by atoms with Crippen molar-refractivity contribution in [3.8, 4) is 11.8 Å². The largest absolute Gasteiger partial charge is 0.494 e. The summed E-state index contributed by atoms with van der Waals surface area (Å²) in [6, 6.07) is 6.58. The monoisotopic (exact) mass is 388 g/mol. The molecule has 0 unspecified atom stereocenters. The van der Waals surface area contributed by atoms with Gasteiger partial charge in [0.25, 0.3) is 6.01 Å². The third-order valence-corrected chi connectivity index (χ3v) is 5.27. The summed E-state index contributed by atoms with van der Waals surface area (Å²) in [6.07, 6.45) is 4.90. The molecule has 28 heavy (non-hydrogen) atoms. The van der Waals surface area contributed by atoms with E-state index >= 15 is 0 Å². The first-order chi connectivity index (χ1) is 13.5. The first kappa shape index (κ1) is 20.6. The summed E-state index contributed by atoms with van der Waals surface area (Å²) in [5.41, 5.74) is 1.93. The van der Waals surface area contributed by atoms with Crippen molar-refractivity contribution in [3.05, 3.63) is 18.2 Å². The zero-order valence-corrected chi connectivity index (χ0v) is 17.4. The molecule has 0 N–H and O–H groups in total. The highest BCUT2D eigenvalue weighted by molar-refractivity contribution is 5.78. The molecule has 1 aliphatic carbocycles. The molecule has 6 nitrogen and oxygen atoms in total. The van der Waals surface area contributed by atoms with Gasteiger partial charge in [-0.1, -0.05) is 6.92 Å². The number of imidazole rings is 1. The van der Waals surface area contributed by atoms with Crippen molar-refractivity contribution in [1.29, 1.82) is 0 Å². The van der Waals surface area contributed by atoms with Crippen LogP contribution in [0.5, 0.6) is 11.8 Å². The number of fused-ring (bicyclic) bond motifs is 1. The van der Waals surface area contributed by atoms with Crippen molar-refractivity contribution in [2.45, 2.75) is 65.1 Å². The maximum absolute atomic E-state index is 11.2. The summed E-state index contributed by atoms with van der Waals surface area (Å²) >= 11 is 0. The molecule has 0 amide bonds. The van der Waals surface area contributed by atoms with E-state index in [1.165, 1.54) is 0 Å². The van der Waals surface area contributed by atoms with Crippen molar-refractivity contribution in [3.63, 3.8) is 0 Å². The van der Waals surface area contributed by atoms with Gasteiger partial charge in [-0.2, -0.15) is 4.98 Å². The van der Waals surface area contributed by atoms with Crippen molar-refractivity contribution in [1.82, 2.24) is 9.55 Å². The molecule has 1 saturated carbocycles. The maximum atomic E-state index is 11.2. The Morgan fingerprint density at radius 2 is 1.96 bits per heavy atom. The van der Waals surface area contributed by atoms with E-state index in [0.29, 0.717) is 25.6 Å². The van der Waals surface area contributed by atoms with E-state index in [1.807, 2.05) is 36.7 Å². The molecule has 0 spiro atoms. The molecular formula is C22H32N2O4. The van der Waals surface area contributed by atoms with Gasteiger partial charge < -0.3 is 19.0 Å². The second-order valence-corrected chi connectivity index (χ2v) is 7.90. The minimum absolute atomic E-state index is 0.163. The molecule has 0 aliphatic heterocycles. The molecule has 154 valence electrons. The fourth-order valence-electron chi connectivity index (χ4n) is 3.83. The summed E-state index contributed by atoms with van der Waals surface area (Å²) in [4.78, 5) is 15.8. The molecule has 0 bridgehead atoms. The van der Waals surface area contributed by atoms with Gasteiger partial charge in [0.05, 0.1) is 23.7 Å². The highest BCUT2D eigenvalue weighted by atomic mass is 16.5. The zero-order valence-electron chi connectivity index (χ0n) is 17.4. The molecule has 0 radical (unpaired) electrons. The van der Waals surface area contributed by atoms with Crippen LogP contribution in [0.15, 0.2) is 18.2 Å². The Kier molecular flexibility index (Phi) is 6.94. The maximum Gasteiger partial charge on any atom is 0.297 e. The van der Waals surface area contributed by atoms with E-state index in [1.54, 1.807) is 6.92 Å². The molecule has 1 heterocycles. The lowest BCUT2D eigenvalue weighted by atomic mass is 9.95. The summed E-state index contributed by atoms with van der Waals surface area (Å²) in [5.74, 6) is 1.36. The molecule has 6 heteroatoms. The predicted molar refractivity (Wildman–Crippen MR) is 109 cm³/mol. The number of hydrogen-bond acceptors (Lipinski definition) is 5. The molecular weight excluding hydrogens is 356 g/mol. The Morgan fingerprint density at radius 3 is 2.64 bits per heavy atom. The molecule has 1 aromatic carbocycles. The van der Waals surface area contributed by atoms with E-state index in [4.69, 9.17) is 14.2 Å². The topological polar surface area (TPSA) is 62.6 Å². The number of hydrogen-bond donors (Lipinski definition) is 0. The number of rotatable bonds is 9. The number of aryl methyl sites for hydroxylation is 1. The molecule has 1 aliphatic rings. The van der Waals surface area contributed by atoms with Crippen LogP contribution in [0.2, 0.25) is 0 Å². The third kappa shape index (κ3) is 5.25. The van der Waals surface area contributed by atoms with Crippen LogP contribution in [0.3, 0.4) is 0 Å². The van der Waals surface area contributed by atoms with E-state index in [2.05, 4.69) is 11.9 Å². The van der Waals surface area contributed by atoms with Crippen LogP contribution >= 0.6 is 0 Å². The van der Waals surface area contributed by atoms with Crippen LogP contribution in [-0.2, 0) is 16.6 Å². The van der Waals surface area contributed by atoms with Gasteiger partial charge >= 0.3 is 0 Å². The van der Waals surface area contributed by atoms with Crippen molar-refractivity contribution in [2.75, 3.05) is 13.2 Å². The van der Waals surface area contributed by atoms with E-state index in [9.17, 15) is 4.79 Å². The Balaban J connectivity index is 1.52. The van der Waals surface area contributed by atoms with Gasteiger partial charge in [-0.15, -0.1) is 0 Å². The number of Topliss-reactive ketones (excluding diaryl/α,β-unsaturated/α-hetero) is 1. The van der Waals surface area contributed by atoms with Crippen LogP contribution < -0.4 is 9.47 Å². The van der Waals surface area contributed by atoms with Crippen LogP contribution in [0.25, 0.3) is 11.0 Å². The van der Waals surface area contributed by atoms with Crippen LogP contribution in [0.4, 0.5) is 0 Å². The third-order valence-electron chi connectivity index (χ3n) is 5.27. The molecule has 3 rings (SSSR count). The van der Waals surface area contributed by atoms with Gasteiger partial charge in [0.1, 0.15) is 17.6 Å². The lowest BCUT2D eigenvalue weighted by Gasteiger charge is -2.29. The van der Waals surface area contributed by atoms with Crippen LogP contribution in [0.1, 0.15) is 52.9 Å². The Labute approximate surface area is 167 Å². The van der Waals surface area contributed by atoms with Crippen molar-refractivity contribution < 1.29 is 19.0 Å². The van der Waals surface area contributed by atoms with Gasteiger partial charge in [0.15, 0.2) is 0 Å². The van der Waals surface area contributed by atoms with Gasteiger partial charge in [-0.25, -0.2) is 0 Å². The number of ether oxygens (including phenoxy) is 3.